The summed E-state index contributed by atoms with van der Waals surface area (Å²) in [7, 11) is 1.74. The number of urea groups is 1. The third kappa shape index (κ3) is 3.77. The molecule has 0 radical (unpaired) electrons. The summed E-state index contributed by atoms with van der Waals surface area (Å²) in [6, 6.07) is -0.788. The van der Waals surface area contributed by atoms with Gasteiger partial charge < -0.3 is 4.90 Å². The van der Waals surface area contributed by atoms with Crippen LogP contribution in [-0.2, 0) is 11.3 Å². The van der Waals surface area contributed by atoms with E-state index in [9.17, 15) is 9.59 Å². The first-order valence-corrected chi connectivity index (χ1v) is 11.5. The minimum atomic E-state index is -0.528. The van der Waals surface area contributed by atoms with E-state index >= 15 is 0 Å². The van der Waals surface area contributed by atoms with Gasteiger partial charge in [-0.15, -0.1) is 0 Å². The Morgan fingerprint density at radius 3 is 2.57 bits per heavy atom. The van der Waals surface area contributed by atoms with Crippen LogP contribution in [0.25, 0.3) is 0 Å². The molecule has 164 valence electrons. The monoisotopic (exact) mass is 415 g/mol. The molecule has 0 N–H and O–H groups in total. The van der Waals surface area contributed by atoms with E-state index in [1.807, 2.05) is 10.8 Å². The molecule has 1 aromatic rings. The number of fused-ring (bicyclic) bond motifs is 3. The zero-order chi connectivity index (χ0) is 21.3. The van der Waals surface area contributed by atoms with Crippen LogP contribution in [0.15, 0.2) is 11.2 Å². The third-order valence-corrected chi connectivity index (χ3v) is 6.65. The number of likely N-dealkylation sites (tertiary alicyclic amines) is 1. The topological polar surface area (TPSA) is 65.0 Å². The second kappa shape index (κ2) is 8.88. The van der Waals surface area contributed by atoms with Gasteiger partial charge in [-0.25, -0.2) is 13.9 Å². The van der Waals surface area contributed by atoms with Gasteiger partial charge in [-0.3, -0.25) is 14.6 Å². The molecular weight excluding hydrogens is 380 g/mol. The van der Waals surface area contributed by atoms with Crippen LogP contribution in [0, 0.1) is 6.92 Å². The van der Waals surface area contributed by atoms with E-state index in [-0.39, 0.29) is 11.9 Å². The molecule has 3 amide bonds. The Morgan fingerprint density at radius 1 is 1.07 bits per heavy atom. The van der Waals surface area contributed by atoms with Crippen molar-refractivity contribution in [2.75, 3.05) is 33.2 Å². The minimum absolute atomic E-state index is 0.152. The number of aliphatic imine (C=N–C) groups is 1. The molecule has 1 aromatic heterocycles. The predicted octanol–water partition coefficient (Wildman–Crippen LogP) is 2.63. The van der Waals surface area contributed by atoms with Crippen molar-refractivity contribution in [2.24, 2.45) is 4.99 Å². The van der Waals surface area contributed by atoms with E-state index in [4.69, 9.17) is 4.99 Å². The second-order valence-corrected chi connectivity index (χ2v) is 8.80. The molecular formula is C22H35N6O2+. The third-order valence-electron chi connectivity index (χ3n) is 6.65. The maximum atomic E-state index is 13.4. The van der Waals surface area contributed by atoms with Gasteiger partial charge in [0.25, 0.3) is 5.91 Å². The van der Waals surface area contributed by atoms with Crippen LogP contribution < -0.4 is 4.57 Å². The van der Waals surface area contributed by atoms with Crippen molar-refractivity contribution in [3.8, 4) is 0 Å². The number of hydrogen-bond donors (Lipinski definition) is 0. The largest absolute Gasteiger partial charge is 0.401 e. The average Bonchev–Trinajstić information content (AvgIpc) is 3.25. The fourth-order valence-corrected chi connectivity index (χ4v) is 4.83. The van der Waals surface area contributed by atoms with E-state index in [2.05, 4.69) is 23.3 Å². The first-order chi connectivity index (χ1) is 14.5. The minimum Gasteiger partial charge on any atom is -0.302 e. The molecule has 0 spiro atoms. The molecule has 0 aliphatic carbocycles. The molecule has 0 saturated carbocycles. The fraction of sp³-hybridized carbons (Fsp3) is 0.727. The number of imidazole rings is 1. The second-order valence-electron chi connectivity index (χ2n) is 8.80. The van der Waals surface area contributed by atoms with Crippen LogP contribution in [0.4, 0.5) is 10.7 Å². The van der Waals surface area contributed by atoms with Gasteiger partial charge in [0.05, 0.1) is 6.54 Å². The summed E-state index contributed by atoms with van der Waals surface area (Å²) in [6.07, 6.45) is 10.4. The number of unbranched alkanes of at least 4 members (excludes halogenated alkanes) is 3. The highest BCUT2D eigenvalue weighted by Crippen LogP contribution is 2.29. The summed E-state index contributed by atoms with van der Waals surface area (Å²) in [6.45, 7) is 8.47. The Balaban J connectivity index is 1.52. The summed E-state index contributed by atoms with van der Waals surface area (Å²) in [5.74, 6) is 1.19. The lowest BCUT2D eigenvalue weighted by molar-refractivity contribution is -0.677. The van der Waals surface area contributed by atoms with Crippen LogP contribution in [0.3, 0.4) is 0 Å². The quantitative estimate of drug-likeness (QED) is 0.484. The Kier molecular flexibility index (Phi) is 6.22. The number of aromatic nitrogens is 2. The first-order valence-electron chi connectivity index (χ1n) is 11.5. The number of rotatable bonds is 8. The van der Waals surface area contributed by atoms with Gasteiger partial charge in [0.1, 0.15) is 11.9 Å². The van der Waals surface area contributed by atoms with Crippen molar-refractivity contribution < 1.29 is 14.2 Å². The number of piperidine rings is 1. The number of carbonyl (C=O) groups is 2. The lowest BCUT2D eigenvalue weighted by atomic mass is 10.1. The van der Waals surface area contributed by atoms with Crippen molar-refractivity contribution in [3.63, 3.8) is 0 Å². The van der Waals surface area contributed by atoms with Crippen molar-refractivity contribution in [1.29, 1.82) is 0 Å². The molecule has 2 saturated heterocycles. The van der Waals surface area contributed by atoms with Crippen molar-refractivity contribution >= 4 is 23.7 Å². The molecule has 8 nitrogen and oxygen atoms in total. The molecule has 1 unspecified atom stereocenters. The number of amidine groups is 1. The molecule has 0 bridgehead atoms. The zero-order valence-electron chi connectivity index (χ0n) is 18.6. The van der Waals surface area contributed by atoms with Crippen LogP contribution in [0.2, 0.25) is 0 Å². The molecule has 2 fully saturated rings. The lowest BCUT2D eigenvalue weighted by Gasteiger charge is -2.35. The zero-order valence-corrected chi connectivity index (χ0v) is 18.6. The SMILES string of the molecule is CCCCCCn1c(C)c[n+]2c1N=C1C2C(=O)N(CCN2CCCCC2)C(=O)N1C. The molecule has 4 rings (SSSR count). The molecule has 1 atom stereocenters. The summed E-state index contributed by atoms with van der Waals surface area (Å²) in [4.78, 5) is 36.4. The normalized spacial score (nSPS) is 21.8. The van der Waals surface area contributed by atoms with E-state index < -0.39 is 6.04 Å². The fourth-order valence-electron chi connectivity index (χ4n) is 4.83. The summed E-state index contributed by atoms with van der Waals surface area (Å²) >= 11 is 0. The number of nitrogens with zero attached hydrogens (tertiary/aromatic N) is 6. The highest BCUT2D eigenvalue weighted by molar-refractivity contribution is 6.19. The lowest BCUT2D eigenvalue weighted by Crippen LogP contribution is -2.63. The van der Waals surface area contributed by atoms with Gasteiger partial charge >= 0.3 is 12.0 Å². The Hall–Kier alpha value is -2.22. The van der Waals surface area contributed by atoms with Crippen molar-refractivity contribution in [2.45, 2.75) is 71.4 Å². The van der Waals surface area contributed by atoms with E-state index in [0.29, 0.717) is 12.4 Å². The number of imide groups is 1. The molecule has 8 heteroatoms. The van der Waals surface area contributed by atoms with Gasteiger partial charge in [-0.1, -0.05) is 37.6 Å². The van der Waals surface area contributed by atoms with Crippen LogP contribution in [-0.4, -0.2) is 70.3 Å². The summed E-state index contributed by atoms with van der Waals surface area (Å²) in [5, 5.41) is 0. The number of amides is 3. The van der Waals surface area contributed by atoms with Gasteiger partial charge in [0.15, 0.2) is 0 Å². The molecule has 3 aliphatic rings. The predicted molar refractivity (Wildman–Crippen MR) is 115 cm³/mol. The van der Waals surface area contributed by atoms with Gasteiger partial charge in [0.2, 0.25) is 11.9 Å². The molecule has 0 aromatic carbocycles. The van der Waals surface area contributed by atoms with Crippen LogP contribution in [0.5, 0.6) is 0 Å². The summed E-state index contributed by atoms with van der Waals surface area (Å²) in [5.41, 5.74) is 1.11. The van der Waals surface area contributed by atoms with E-state index in [0.717, 1.165) is 44.2 Å². The van der Waals surface area contributed by atoms with Gasteiger partial charge in [-0.05, 0) is 39.3 Å². The van der Waals surface area contributed by atoms with Crippen LogP contribution >= 0.6 is 0 Å². The molecule has 4 heterocycles. The van der Waals surface area contributed by atoms with Crippen molar-refractivity contribution in [1.82, 2.24) is 19.3 Å². The number of carbonyl (C=O) groups excluding carboxylic acids is 2. The maximum Gasteiger partial charge on any atom is 0.401 e. The van der Waals surface area contributed by atoms with Gasteiger partial charge in [-0.2, -0.15) is 0 Å². The average molecular weight is 416 g/mol. The Morgan fingerprint density at radius 2 is 1.83 bits per heavy atom. The number of likely N-dealkylation sites (N-methyl/N-ethyl adjacent to an activating group) is 1. The van der Waals surface area contributed by atoms with Gasteiger partial charge in [0, 0.05) is 20.1 Å². The standard InChI is InChI=1S/C22H35N6O2/c1-4-5-6-10-13-26-17(2)16-28-18-19(23-21(26)28)24(3)22(30)27(20(18)29)15-14-25-11-8-7-9-12-25/h16,18H,4-15H2,1-3H3/q+1. The number of hydrogen-bond acceptors (Lipinski definition) is 4. The Labute approximate surface area is 179 Å². The maximum absolute atomic E-state index is 13.4. The van der Waals surface area contributed by atoms with E-state index in [1.165, 1.54) is 43.4 Å². The Bertz CT molecular complexity index is 839. The smallest absolute Gasteiger partial charge is 0.302 e. The highest BCUT2D eigenvalue weighted by atomic mass is 16.2. The van der Waals surface area contributed by atoms with Crippen LogP contribution in [0.1, 0.15) is 63.6 Å². The number of aryl methyl sites for hydroxylation is 1. The molecule has 30 heavy (non-hydrogen) atoms. The highest BCUT2D eigenvalue weighted by Gasteiger charge is 2.53. The summed E-state index contributed by atoms with van der Waals surface area (Å²) < 4.78 is 4.15. The molecule has 3 aliphatic heterocycles. The first kappa shape index (κ1) is 21.0. The van der Waals surface area contributed by atoms with Crippen molar-refractivity contribution in [3.05, 3.63) is 11.9 Å². The van der Waals surface area contributed by atoms with E-state index in [1.54, 1.807) is 11.9 Å².